The van der Waals surface area contributed by atoms with Crippen molar-refractivity contribution in [1.82, 2.24) is 4.90 Å². The minimum atomic E-state index is -0.401. The number of benzene rings is 1. The molecule has 106 valence electrons. The maximum absolute atomic E-state index is 13.5. The van der Waals surface area contributed by atoms with Gasteiger partial charge in [-0.25, -0.2) is 9.18 Å². The second-order valence-electron chi connectivity index (χ2n) is 4.60. The number of hydrogen-bond acceptors (Lipinski definition) is 1. The highest BCUT2D eigenvalue weighted by atomic mass is 19.1. The summed E-state index contributed by atoms with van der Waals surface area (Å²) in [6, 6.07) is 6.02. The molecule has 1 aromatic carbocycles. The zero-order valence-corrected chi connectivity index (χ0v) is 11.8. The number of nitrogens with zero attached hydrogens (tertiary/aromatic N) is 1. The molecular weight excluding hydrogens is 243 g/mol. The maximum atomic E-state index is 13.5. The van der Waals surface area contributed by atoms with Gasteiger partial charge >= 0.3 is 6.03 Å². The minimum Gasteiger partial charge on any atom is -0.325 e. The van der Waals surface area contributed by atoms with Gasteiger partial charge in [0.15, 0.2) is 0 Å². The fourth-order valence-corrected chi connectivity index (χ4v) is 1.77. The van der Waals surface area contributed by atoms with Gasteiger partial charge < -0.3 is 10.2 Å². The summed E-state index contributed by atoms with van der Waals surface area (Å²) >= 11 is 0. The molecule has 0 aliphatic heterocycles. The summed E-state index contributed by atoms with van der Waals surface area (Å²) in [7, 11) is 0. The molecule has 0 saturated heterocycles. The molecule has 4 heteroatoms. The first-order valence-corrected chi connectivity index (χ1v) is 6.99. The Bertz CT molecular complexity index is 387. The van der Waals surface area contributed by atoms with E-state index in [-0.39, 0.29) is 11.7 Å². The van der Waals surface area contributed by atoms with Crippen LogP contribution in [-0.4, -0.2) is 24.0 Å². The first-order chi connectivity index (χ1) is 9.19. The first kappa shape index (κ1) is 15.5. The smallest absolute Gasteiger partial charge is 0.321 e. The van der Waals surface area contributed by atoms with Crippen molar-refractivity contribution in [3.05, 3.63) is 30.1 Å². The van der Waals surface area contributed by atoms with Gasteiger partial charge in [0, 0.05) is 13.1 Å². The Morgan fingerprint density at radius 2 is 1.74 bits per heavy atom. The van der Waals surface area contributed by atoms with Crippen molar-refractivity contribution in [2.75, 3.05) is 18.4 Å². The van der Waals surface area contributed by atoms with Gasteiger partial charge in [0.2, 0.25) is 0 Å². The van der Waals surface area contributed by atoms with E-state index in [9.17, 15) is 9.18 Å². The van der Waals surface area contributed by atoms with Crippen LogP contribution in [0.15, 0.2) is 24.3 Å². The molecule has 1 rings (SSSR count). The predicted octanol–water partition coefficient (Wildman–Crippen LogP) is 4.26. The molecule has 1 N–H and O–H groups in total. The highest BCUT2D eigenvalue weighted by Gasteiger charge is 2.13. The summed E-state index contributed by atoms with van der Waals surface area (Å²) in [5, 5.41) is 2.64. The Morgan fingerprint density at radius 3 is 2.26 bits per heavy atom. The first-order valence-electron chi connectivity index (χ1n) is 6.99. The van der Waals surface area contributed by atoms with Crippen LogP contribution >= 0.6 is 0 Å². The summed E-state index contributed by atoms with van der Waals surface area (Å²) < 4.78 is 13.5. The number of carbonyl (C=O) groups is 1. The summed E-state index contributed by atoms with van der Waals surface area (Å²) in [6.07, 6.45) is 4.01. The van der Waals surface area contributed by atoms with Gasteiger partial charge in [0.25, 0.3) is 0 Å². The van der Waals surface area contributed by atoms with Crippen LogP contribution in [0, 0.1) is 5.82 Å². The molecule has 0 spiro atoms. The van der Waals surface area contributed by atoms with Gasteiger partial charge in [-0.1, -0.05) is 38.8 Å². The molecule has 0 aliphatic carbocycles. The minimum absolute atomic E-state index is 0.216. The van der Waals surface area contributed by atoms with Gasteiger partial charge in [0.1, 0.15) is 5.82 Å². The molecule has 0 radical (unpaired) electrons. The fourth-order valence-electron chi connectivity index (χ4n) is 1.77. The molecule has 0 aliphatic rings. The number of para-hydroxylation sites is 1. The Morgan fingerprint density at radius 1 is 1.16 bits per heavy atom. The van der Waals surface area contributed by atoms with Crippen LogP contribution in [0.3, 0.4) is 0 Å². The summed E-state index contributed by atoms with van der Waals surface area (Å²) in [4.78, 5) is 13.9. The second kappa shape index (κ2) is 8.51. The van der Waals surface area contributed by atoms with Crippen molar-refractivity contribution < 1.29 is 9.18 Å². The van der Waals surface area contributed by atoms with E-state index in [1.807, 2.05) is 0 Å². The van der Waals surface area contributed by atoms with E-state index in [2.05, 4.69) is 19.2 Å². The molecule has 3 nitrogen and oxygen atoms in total. The van der Waals surface area contributed by atoms with E-state index in [0.717, 1.165) is 38.8 Å². The molecule has 0 heterocycles. The SMILES string of the molecule is CCCCN(CCCC)C(=O)Nc1ccccc1F. The van der Waals surface area contributed by atoms with Crippen molar-refractivity contribution in [2.45, 2.75) is 39.5 Å². The molecule has 0 saturated carbocycles. The number of carbonyl (C=O) groups excluding carboxylic acids is 1. The Balaban J connectivity index is 2.62. The Hall–Kier alpha value is -1.58. The third kappa shape index (κ3) is 5.28. The highest BCUT2D eigenvalue weighted by molar-refractivity contribution is 5.89. The van der Waals surface area contributed by atoms with E-state index in [1.165, 1.54) is 6.07 Å². The summed E-state index contributed by atoms with van der Waals surface area (Å²) in [5.74, 6) is -0.401. The molecule has 0 aromatic heterocycles. The Kier molecular flexibility index (Phi) is 6.93. The van der Waals surface area contributed by atoms with Gasteiger partial charge in [0.05, 0.1) is 5.69 Å². The van der Waals surface area contributed by atoms with Crippen LogP contribution in [0.4, 0.5) is 14.9 Å². The van der Waals surface area contributed by atoms with E-state index in [1.54, 1.807) is 23.1 Å². The zero-order chi connectivity index (χ0) is 14.1. The molecule has 19 heavy (non-hydrogen) atoms. The maximum Gasteiger partial charge on any atom is 0.321 e. The van der Waals surface area contributed by atoms with Crippen LogP contribution in [0.25, 0.3) is 0 Å². The van der Waals surface area contributed by atoms with Gasteiger partial charge in [-0.05, 0) is 25.0 Å². The number of unbranched alkanes of at least 4 members (excludes halogenated alkanes) is 2. The van der Waals surface area contributed by atoms with Crippen LogP contribution in [-0.2, 0) is 0 Å². The molecule has 1 aromatic rings. The van der Waals surface area contributed by atoms with Crippen molar-refractivity contribution in [1.29, 1.82) is 0 Å². The van der Waals surface area contributed by atoms with Crippen LogP contribution in [0.2, 0.25) is 0 Å². The van der Waals surface area contributed by atoms with E-state index >= 15 is 0 Å². The van der Waals surface area contributed by atoms with Crippen molar-refractivity contribution in [3.63, 3.8) is 0 Å². The number of halogens is 1. The molecule has 0 atom stereocenters. The number of rotatable bonds is 7. The lowest BCUT2D eigenvalue weighted by molar-refractivity contribution is 0.209. The van der Waals surface area contributed by atoms with Crippen LogP contribution in [0.1, 0.15) is 39.5 Å². The van der Waals surface area contributed by atoms with E-state index in [4.69, 9.17) is 0 Å². The monoisotopic (exact) mass is 266 g/mol. The third-order valence-corrected chi connectivity index (χ3v) is 2.97. The zero-order valence-electron chi connectivity index (χ0n) is 11.8. The number of anilines is 1. The lowest BCUT2D eigenvalue weighted by atomic mass is 10.2. The number of nitrogens with one attached hydrogen (secondary N) is 1. The van der Waals surface area contributed by atoms with Crippen molar-refractivity contribution >= 4 is 11.7 Å². The second-order valence-corrected chi connectivity index (χ2v) is 4.60. The third-order valence-electron chi connectivity index (χ3n) is 2.97. The Labute approximate surface area is 114 Å². The lowest BCUT2D eigenvalue weighted by Crippen LogP contribution is -2.36. The standard InChI is InChI=1S/C15H23FN2O/c1-3-5-11-18(12-6-4-2)15(19)17-14-10-8-7-9-13(14)16/h7-10H,3-6,11-12H2,1-2H3,(H,17,19). The molecular formula is C15H23FN2O. The van der Waals surface area contributed by atoms with Crippen molar-refractivity contribution in [3.8, 4) is 0 Å². The van der Waals surface area contributed by atoms with Gasteiger partial charge in [-0.3, -0.25) is 0 Å². The van der Waals surface area contributed by atoms with Crippen LogP contribution in [0.5, 0.6) is 0 Å². The molecule has 0 unspecified atom stereocenters. The largest absolute Gasteiger partial charge is 0.325 e. The average Bonchev–Trinajstić information content (AvgIpc) is 2.41. The van der Waals surface area contributed by atoms with Crippen LogP contribution < -0.4 is 5.32 Å². The number of amides is 2. The van der Waals surface area contributed by atoms with Gasteiger partial charge in [-0.2, -0.15) is 0 Å². The van der Waals surface area contributed by atoms with Gasteiger partial charge in [-0.15, -0.1) is 0 Å². The normalized spacial score (nSPS) is 10.3. The quantitative estimate of drug-likeness (QED) is 0.785. The summed E-state index contributed by atoms with van der Waals surface area (Å²) in [6.45, 7) is 5.62. The molecule has 2 amide bonds. The molecule has 0 bridgehead atoms. The topological polar surface area (TPSA) is 32.3 Å². The fraction of sp³-hybridized carbons (Fsp3) is 0.533. The lowest BCUT2D eigenvalue weighted by Gasteiger charge is -2.23. The average molecular weight is 266 g/mol. The number of urea groups is 1. The molecule has 0 fully saturated rings. The van der Waals surface area contributed by atoms with E-state index < -0.39 is 5.82 Å². The summed E-state index contributed by atoms with van der Waals surface area (Å²) in [5.41, 5.74) is 0.241. The van der Waals surface area contributed by atoms with Crippen molar-refractivity contribution in [2.24, 2.45) is 0 Å². The highest BCUT2D eigenvalue weighted by Crippen LogP contribution is 2.13. The number of hydrogen-bond donors (Lipinski definition) is 1. The van der Waals surface area contributed by atoms with E-state index in [0.29, 0.717) is 0 Å². The predicted molar refractivity (Wildman–Crippen MR) is 76.8 cm³/mol.